The van der Waals surface area contributed by atoms with E-state index in [1.807, 2.05) is 13.8 Å². The normalized spacial score (nSPS) is 16.6. The zero-order valence-electron chi connectivity index (χ0n) is 11.6. The van der Waals surface area contributed by atoms with Crippen LogP contribution in [0.1, 0.15) is 60.3 Å². The van der Waals surface area contributed by atoms with E-state index in [1.165, 1.54) is 19.3 Å². The van der Waals surface area contributed by atoms with E-state index < -0.39 is 0 Å². The molecule has 0 spiro atoms. The van der Waals surface area contributed by atoms with Crippen LogP contribution in [0.5, 0.6) is 0 Å². The largest absolute Gasteiger partial charge is 0.309 e. The first-order valence-corrected chi connectivity index (χ1v) is 6.55. The van der Waals surface area contributed by atoms with Gasteiger partial charge in [-0.2, -0.15) is 0 Å². The molecule has 0 bridgehead atoms. The van der Waals surface area contributed by atoms with Gasteiger partial charge < -0.3 is 10.8 Å². The molecule has 2 atom stereocenters. The summed E-state index contributed by atoms with van der Waals surface area (Å²) in [5.41, 5.74) is 1.30. The third kappa shape index (κ3) is 4.46. The van der Waals surface area contributed by atoms with Crippen LogP contribution < -0.4 is 0 Å². The molecule has 0 aromatic carbocycles. The first-order chi connectivity index (χ1) is 7.45. The Morgan fingerprint density at radius 3 is 1.88 bits per heavy atom. The van der Waals surface area contributed by atoms with Gasteiger partial charge in [-0.15, -0.1) is 0 Å². The second kappa shape index (κ2) is 7.59. The molecule has 0 fully saturated rings. The molecule has 0 rings (SSSR count). The van der Waals surface area contributed by atoms with Crippen LogP contribution in [0.25, 0.3) is 0 Å². The van der Waals surface area contributed by atoms with Gasteiger partial charge in [0.1, 0.15) is 0 Å². The van der Waals surface area contributed by atoms with Gasteiger partial charge in [0.05, 0.1) is 0 Å². The van der Waals surface area contributed by atoms with Crippen LogP contribution in [0, 0.1) is 28.6 Å². The van der Waals surface area contributed by atoms with E-state index in [4.69, 9.17) is 10.8 Å². The van der Waals surface area contributed by atoms with E-state index in [0.717, 1.165) is 6.42 Å². The van der Waals surface area contributed by atoms with Crippen LogP contribution in [0.3, 0.4) is 0 Å². The van der Waals surface area contributed by atoms with Gasteiger partial charge in [-0.3, -0.25) is 0 Å². The molecule has 0 saturated carbocycles. The van der Waals surface area contributed by atoms with Crippen molar-refractivity contribution < 1.29 is 0 Å². The van der Waals surface area contributed by atoms with Gasteiger partial charge >= 0.3 is 0 Å². The fraction of sp³-hybridized carbons (Fsp3) is 0.857. The van der Waals surface area contributed by atoms with Crippen LogP contribution in [0.15, 0.2) is 0 Å². The summed E-state index contributed by atoms with van der Waals surface area (Å²) in [6.07, 6.45) is 4.91. The van der Waals surface area contributed by atoms with E-state index in [0.29, 0.717) is 23.3 Å². The van der Waals surface area contributed by atoms with Crippen molar-refractivity contribution in [1.82, 2.24) is 0 Å². The highest BCUT2D eigenvalue weighted by Gasteiger charge is 2.27. The Labute approximate surface area is 101 Å². The smallest absolute Gasteiger partial charge is 0.0366 e. The first-order valence-electron chi connectivity index (χ1n) is 6.55. The lowest BCUT2D eigenvalue weighted by Crippen LogP contribution is -2.30. The lowest BCUT2D eigenvalue weighted by Gasteiger charge is -2.30. The molecular formula is C14H28N2. The summed E-state index contributed by atoms with van der Waals surface area (Å²) in [6, 6.07) is 0. The van der Waals surface area contributed by atoms with Crippen molar-refractivity contribution in [3.05, 3.63) is 0 Å². The zero-order chi connectivity index (χ0) is 12.7. The third-order valence-corrected chi connectivity index (χ3v) is 3.66. The molecule has 0 aliphatic heterocycles. The van der Waals surface area contributed by atoms with E-state index >= 15 is 0 Å². The zero-order valence-corrected chi connectivity index (χ0v) is 11.6. The quantitative estimate of drug-likeness (QED) is 0.569. The lowest BCUT2D eigenvalue weighted by atomic mass is 9.75. The Balaban J connectivity index is 4.61. The Kier molecular flexibility index (Phi) is 7.27. The van der Waals surface area contributed by atoms with E-state index in [9.17, 15) is 0 Å². The molecule has 2 N–H and O–H groups in total. The Morgan fingerprint density at radius 2 is 1.56 bits per heavy atom. The number of unbranched alkanes of at least 4 members (excludes halogenated alkanes) is 1. The summed E-state index contributed by atoms with van der Waals surface area (Å²) >= 11 is 0. The molecule has 0 aromatic heterocycles. The summed E-state index contributed by atoms with van der Waals surface area (Å²) in [5.74, 6) is 1.15. The molecule has 0 aromatic rings. The molecule has 0 amide bonds. The Bertz CT molecular complexity index is 219. The van der Waals surface area contributed by atoms with Crippen molar-refractivity contribution in [2.45, 2.75) is 60.3 Å². The topological polar surface area (TPSA) is 47.7 Å². The van der Waals surface area contributed by atoms with Gasteiger partial charge in [-0.25, -0.2) is 0 Å². The Morgan fingerprint density at radius 1 is 1.06 bits per heavy atom. The highest BCUT2D eigenvalue weighted by atomic mass is 14.5. The number of hydrogen-bond acceptors (Lipinski definition) is 2. The molecule has 0 heterocycles. The molecule has 0 radical (unpaired) electrons. The average molecular weight is 224 g/mol. The summed E-state index contributed by atoms with van der Waals surface area (Å²) in [5, 5.41) is 15.6. The summed E-state index contributed by atoms with van der Waals surface area (Å²) in [7, 11) is 0. The van der Waals surface area contributed by atoms with Gasteiger partial charge in [0.15, 0.2) is 0 Å². The summed E-state index contributed by atoms with van der Waals surface area (Å²) < 4.78 is 0. The van der Waals surface area contributed by atoms with Gasteiger partial charge in [0, 0.05) is 17.3 Å². The number of rotatable bonds is 8. The van der Waals surface area contributed by atoms with Crippen molar-refractivity contribution >= 4 is 11.4 Å². The fourth-order valence-electron chi connectivity index (χ4n) is 2.69. The molecule has 0 unspecified atom stereocenters. The predicted molar refractivity (Wildman–Crippen MR) is 72.8 cm³/mol. The SMILES string of the molecule is CCCC[C@H](CC)[C@@H](C)C(C(C)=N)C(C)=N. The molecule has 0 aliphatic carbocycles. The fourth-order valence-corrected chi connectivity index (χ4v) is 2.69. The summed E-state index contributed by atoms with van der Waals surface area (Å²) in [4.78, 5) is 0. The highest BCUT2D eigenvalue weighted by molar-refractivity contribution is 6.03. The minimum absolute atomic E-state index is 0.0572. The van der Waals surface area contributed by atoms with Crippen molar-refractivity contribution in [3.8, 4) is 0 Å². The van der Waals surface area contributed by atoms with E-state index in [2.05, 4.69) is 20.8 Å². The number of hydrogen-bond donors (Lipinski definition) is 2. The predicted octanol–water partition coefficient (Wildman–Crippen LogP) is 4.53. The van der Waals surface area contributed by atoms with Crippen molar-refractivity contribution in [1.29, 1.82) is 10.8 Å². The summed E-state index contributed by atoms with van der Waals surface area (Å²) in [6.45, 7) is 10.3. The lowest BCUT2D eigenvalue weighted by molar-refractivity contribution is 0.299. The van der Waals surface area contributed by atoms with E-state index in [1.54, 1.807) is 0 Å². The van der Waals surface area contributed by atoms with Crippen LogP contribution in [-0.4, -0.2) is 11.4 Å². The monoisotopic (exact) mass is 224 g/mol. The molecule has 2 nitrogen and oxygen atoms in total. The van der Waals surface area contributed by atoms with Crippen LogP contribution >= 0.6 is 0 Å². The maximum absolute atomic E-state index is 7.82. The molecule has 16 heavy (non-hydrogen) atoms. The molecule has 0 aliphatic rings. The third-order valence-electron chi connectivity index (χ3n) is 3.66. The standard InChI is InChI=1S/C14H28N2/c1-6-8-9-13(7-2)10(3)14(11(4)15)12(5)16/h10,13-16H,6-9H2,1-5H3/t10-,13+,14?/m1/s1. The minimum Gasteiger partial charge on any atom is -0.309 e. The molecule has 2 heteroatoms. The van der Waals surface area contributed by atoms with Crippen molar-refractivity contribution in [2.75, 3.05) is 0 Å². The van der Waals surface area contributed by atoms with Crippen molar-refractivity contribution in [2.24, 2.45) is 17.8 Å². The van der Waals surface area contributed by atoms with Gasteiger partial charge in [0.2, 0.25) is 0 Å². The van der Waals surface area contributed by atoms with Gasteiger partial charge in [-0.1, -0.05) is 46.5 Å². The van der Waals surface area contributed by atoms with Crippen LogP contribution in [0.2, 0.25) is 0 Å². The van der Waals surface area contributed by atoms with Gasteiger partial charge in [-0.05, 0) is 25.7 Å². The number of nitrogens with one attached hydrogen (secondary N) is 2. The first kappa shape index (κ1) is 15.3. The maximum Gasteiger partial charge on any atom is 0.0366 e. The minimum atomic E-state index is 0.0572. The molecule has 94 valence electrons. The highest BCUT2D eigenvalue weighted by Crippen LogP contribution is 2.29. The second-order valence-corrected chi connectivity index (χ2v) is 5.01. The van der Waals surface area contributed by atoms with Crippen LogP contribution in [-0.2, 0) is 0 Å². The van der Waals surface area contributed by atoms with Gasteiger partial charge in [0.25, 0.3) is 0 Å². The van der Waals surface area contributed by atoms with Crippen LogP contribution in [0.4, 0.5) is 0 Å². The Hall–Kier alpha value is -0.660. The molecular weight excluding hydrogens is 196 g/mol. The van der Waals surface area contributed by atoms with E-state index in [-0.39, 0.29) is 5.92 Å². The molecule has 0 saturated heterocycles. The average Bonchev–Trinajstić information content (AvgIpc) is 2.17. The van der Waals surface area contributed by atoms with Crippen molar-refractivity contribution in [3.63, 3.8) is 0 Å². The maximum atomic E-state index is 7.82. The second-order valence-electron chi connectivity index (χ2n) is 5.01.